The van der Waals surface area contributed by atoms with Crippen molar-refractivity contribution in [2.24, 2.45) is 0 Å². The first kappa shape index (κ1) is 22.5. The van der Waals surface area contributed by atoms with Crippen molar-refractivity contribution in [1.29, 1.82) is 0 Å². The molecule has 1 aliphatic heterocycles. The van der Waals surface area contributed by atoms with Crippen molar-refractivity contribution in [1.82, 2.24) is 14.5 Å². The number of rotatable bonds is 6. The van der Waals surface area contributed by atoms with Crippen molar-refractivity contribution in [2.75, 3.05) is 32.7 Å². The van der Waals surface area contributed by atoms with Crippen molar-refractivity contribution >= 4 is 26.9 Å². The fraction of sp³-hybridized carbons (Fsp3) is 0.375. The minimum atomic E-state index is -3.53. The Morgan fingerprint density at radius 3 is 2.44 bits per heavy atom. The highest BCUT2D eigenvalue weighted by Crippen LogP contribution is 2.24. The molecule has 32 heavy (non-hydrogen) atoms. The third kappa shape index (κ3) is 4.72. The highest BCUT2D eigenvalue weighted by Gasteiger charge is 2.29. The molecule has 2 aromatic carbocycles. The molecule has 1 fully saturated rings. The van der Waals surface area contributed by atoms with E-state index in [4.69, 9.17) is 4.42 Å². The number of fused-ring (bicyclic) bond motifs is 1. The van der Waals surface area contributed by atoms with Crippen molar-refractivity contribution in [3.8, 4) is 0 Å². The summed E-state index contributed by atoms with van der Waals surface area (Å²) in [7, 11) is -3.53. The van der Waals surface area contributed by atoms with Crippen molar-refractivity contribution < 1.29 is 17.6 Å². The smallest absolute Gasteiger partial charge is 0.243 e. The van der Waals surface area contributed by atoms with E-state index in [1.807, 2.05) is 62.1 Å². The molecule has 1 atom stereocenters. The molecule has 1 N–H and O–H groups in total. The second-order valence-corrected chi connectivity index (χ2v) is 10.3. The summed E-state index contributed by atoms with van der Waals surface area (Å²) >= 11 is 0. The van der Waals surface area contributed by atoms with Gasteiger partial charge in [0.25, 0.3) is 0 Å². The van der Waals surface area contributed by atoms with Gasteiger partial charge >= 0.3 is 0 Å². The molecule has 0 spiro atoms. The number of nitrogens with zero attached hydrogens (tertiary/aromatic N) is 2. The summed E-state index contributed by atoms with van der Waals surface area (Å²) in [4.78, 5) is 14.9. The topological polar surface area (TPSA) is 82.9 Å². The summed E-state index contributed by atoms with van der Waals surface area (Å²) in [6.07, 6.45) is 0. The maximum Gasteiger partial charge on any atom is 0.243 e. The van der Waals surface area contributed by atoms with Crippen molar-refractivity contribution in [3.05, 3.63) is 65.4 Å². The molecule has 2 heterocycles. The number of sulfonamides is 1. The van der Waals surface area contributed by atoms with E-state index in [1.165, 1.54) is 4.31 Å². The minimum Gasteiger partial charge on any atom is -0.459 e. The van der Waals surface area contributed by atoms with Gasteiger partial charge < -0.3 is 9.73 Å². The molecule has 0 saturated carbocycles. The molecule has 3 aromatic rings. The van der Waals surface area contributed by atoms with Crippen LogP contribution in [0.15, 0.2) is 57.8 Å². The van der Waals surface area contributed by atoms with E-state index in [1.54, 1.807) is 12.1 Å². The van der Waals surface area contributed by atoms with Crippen LogP contribution >= 0.6 is 0 Å². The van der Waals surface area contributed by atoms with Gasteiger partial charge in [-0.15, -0.1) is 0 Å². The Morgan fingerprint density at radius 2 is 1.75 bits per heavy atom. The van der Waals surface area contributed by atoms with Crippen LogP contribution in [0.3, 0.4) is 0 Å². The number of carbonyl (C=O) groups excluding carboxylic acids is 1. The summed E-state index contributed by atoms with van der Waals surface area (Å²) in [5.41, 5.74) is 2.82. The van der Waals surface area contributed by atoms with Gasteiger partial charge in [-0.05, 0) is 56.2 Å². The average molecular weight is 456 g/mol. The lowest BCUT2D eigenvalue weighted by molar-refractivity contribution is -0.123. The second kappa shape index (κ2) is 9.05. The van der Waals surface area contributed by atoms with Gasteiger partial charge in [0, 0.05) is 31.6 Å². The maximum atomic E-state index is 13.0. The third-order valence-electron chi connectivity index (χ3n) is 6.06. The van der Waals surface area contributed by atoms with Crippen LogP contribution in [0.1, 0.15) is 29.9 Å². The van der Waals surface area contributed by atoms with Crippen LogP contribution in [0.5, 0.6) is 0 Å². The quantitative estimate of drug-likeness (QED) is 0.617. The number of hydrogen-bond acceptors (Lipinski definition) is 5. The Kier molecular flexibility index (Phi) is 6.37. The molecular weight excluding hydrogens is 426 g/mol. The Hall–Kier alpha value is -2.68. The molecule has 8 heteroatoms. The van der Waals surface area contributed by atoms with E-state index in [0.29, 0.717) is 36.8 Å². The highest BCUT2D eigenvalue weighted by atomic mass is 32.2. The molecule has 4 rings (SSSR count). The number of carbonyl (C=O) groups is 1. The third-order valence-corrected chi connectivity index (χ3v) is 7.96. The van der Waals surface area contributed by atoms with Gasteiger partial charge in [-0.2, -0.15) is 4.31 Å². The van der Waals surface area contributed by atoms with E-state index in [-0.39, 0.29) is 18.5 Å². The largest absolute Gasteiger partial charge is 0.459 e. The molecule has 1 unspecified atom stereocenters. The number of nitrogens with one attached hydrogen (secondary N) is 1. The first-order chi connectivity index (χ1) is 15.2. The summed E-state index contributed by atoms with van der Waals surface area (Å²) in [6.45, 7) is 7.74. The number of para-hydroxylation sites is 1. The first-order valence-electron chi connectivity index (χ1n) is 10.8. The SMILES string of the molecule is Cc1ccc(S(=O)(=O)N2CCN(CC(=O)NC(C)c3cc4ccccc4o3)CC2)cc1C. The zero-order chi connectivity index (χ0) is 22.9. The van der Waals surface area contributed by atoms with E-state index in [9.17, 15) is 13.2 Å². The molecule has 170 valence electrons. The Morgan fingerprint density at radius 1 is 1.03 bits per heavy atom. The molecule has 0 bridgehead atoms. The monoisotopic (exact) mass is 455 g/mol. The zero-order valence-electron chi connectivity index (χ0n) is 18.7. The van der Waals surface area contributed by atoms with E-state index >= 15 is 0 Å². The average Bonchev–Trinajstić information content (AvgIpc) is 3.20. The van der Waals surface area contributed by atoms with Crippen molar-refractivity contribution in [2.45, 2.75) is 31.7 Å². The molecule has 0 radical (unpaired) electrons. The molecule has 1 aliphatic rings. The summed E-state index contributed by atoms with van der Waals surface area (Å²) in [5, 5.41) is 3.98. The lowest BCUT2D eigenvalue weighted by Crippen LogP contribution is -2.51. The normalized spacial score (nSPS) is 16.8. The maximum absolute atomic E-state index is 13.0. The number of aryl methyl sites for hydroxylation is 2. The van der Waals surface area contributed by atoms with Crippen LogP contribution in [-0.4, -0.2) is 56.3 Å². The fourth-order valence-corrected chi connectivity index (χ4v) is 5.44. The van der Waals surface area contributed by atoms with Crippen LogP contribution in [0.25, 0.3) is 11.0 Å². The van der Waals surface area contributed by atoms with Crippen molar-refractivity contribution in [3.63, 3.8) is 0 Å². The number of benzene rings is 2. The molecule has 1 aromatic heterocycles. The summed E-state index contributed by atoms with van der Waals surface area (Å²) in [5.74, 6) is 0.604. The van der Waals surface area contributed by atoms with Crippen LogP contribution in [0.4, 0.5) is 0 Å². The van der Waals surface area contributed by atoms with E-state index < -0.39 is 10.0 Å². The number of piperazine rings is 1. The minimum absolute atomic E-state index is 0.108. The lowest BCUT2D eigenvalue weighted by Gasteiger charge is -2.33. The Labute approximate surface area is 189 Å². The second-order valence-electron chi connectivity index (χ2n) is 8.40. The van der Waals surface area contributed by atoms with Crippen LogP contribution in [-0.2, 0) is 14.8 Å². The van der Waals surface area contributed by atoms with E-state index in [0.717, 1.165) is 22.1 Å². The van der Waals surface area contributed by atoms with Gasteiger partial charge in [-0.25, -0.2) is 8.42 Å². The van der Waals surface area contributed by atoms with Gasteiger partial charge in [-0.3, -0.25) is 9.69 Å². The molecule has 7 nitrogen and oxygen atoms in total. The highest BCUT2D eigenvalue weighted by molar-refractivity contribution is 7.89. The first-order valence-corrected chi connectivity index (χ1v) is 12.3. The standard InChI is InChI=1S/C24H29N3O4S/c1-17-8-9-21(14-18(17)2)32(29,30)27-12-10-26(11-13-27)16-24(28)25-19(3)23-15-20-6-4-5-7-22(20)31-23/h4-9,14-15,19H,10-13,16H2,1-3H3,(H,25,28). The van der Waals surface area contributed by atoms with Gasteiger partial charge in [0.05, 0.1) is 17.5 Å². The van der Waals surface area contributed by atoms with Gasteiger partial charge in [0.1, 0.15) is 11.3 Å². The lowest BCUT2D eigenvalue weighted by atomic mass is 10.1. The number of hydrogen-bond donors (Lipinski definition) is 1. The number of furan rings is 1. The van der Waals surface area contributed by atoms with Gasteiger partial charge in [0.2, 0.25) is 15.9 Å². The molecule has 1 amide bonds. The van der Waals surface area contributed by atoms with Gasteiger partial charge in [-0.1, -0.05) is 24.3 Å². The molecule has 0 aliphatic carbocycles. The predicted octanol–water partition coefficient (Wildman–Crippen LogP) is 3.23. The summed E-state index contributed by atoms with van der Waals surface area (Å²) in [6, 6.07) is 14.7. The zero-order valence-corrected chi connectivity index (χ0v) is 19.5. The molecule has 1 saturated heterocycles. The van der Waals surface area contributed by atoms with Crippen LogP contribution < -0.4 is 5.32 Å². The predicted molar refractivity (Wildman–Crippen MR) is 124 cm³/mol. The number of amides is 1. The molecular formula is C24H29N3O4S. The van der Waals surface area contributed by atoms with E-state index in [2.05, 4.69) is 5.32 Å². The Balaban J connectivity index is 1.31. The fourth-order valence-electron chi connectivity index (χ4n) is 3.93. The van der Waals surface area contributed by atoms with Crippen LogP contribution in [0, 0.1) is 13.8 Å². The van der Waals surface area contributed by atoms with Gasteiger partial charge in [0.15, 0.2) is 0 Å². The summed E-state index contributed by atoms with van der Waals surface area (Å²) < 4.78 is 33.3. The van der Waals surface area contributed by atoms with Crippen LogP contribution in [0.2, 0.25) is 0 Å². The Bertz CT molecular complexity index is 1190.